The predicted molar refractivity (Wildman–Crippen MR) is 71.0 cm³/mol. The lowest BCUT2D eigenvalue weighted by Gasteiger charge is -2.25. The second-order valence-electron chi connectivity index (χ2n) is 4.02. The van der Waals surface area contributed by atoms with Crippen LogP contribution in [0.2, 0.25) is 0 Å². The predicted octanol–water partition coefficient (Wildman–Crippen LogP) is -0.451. The summed E-state index contributed by atoms with van der Waals surface area (Å²) in [6.45, 7) is 3.62. The Morgan fingerprint density at radius 3 is 2.89 bits per heavy atom. The molecule has 18 heavy (non-hydrogen) atoms. The van der Waals surface area contributed by atoms with Crippen LogP contribution in [0.1, 0.15) is 10.5 Å². The number of rotatable bonds is 4. The third kappa shape index (κ3) is 3.85. The van der Waals surface area contributed by atoms with Gasteiger partial charge in [0.1, 0.15) is 5.69 Å². The molecule has 2 rings (SSSR count). The molecule has 1 aromatic heterocycles. The highest BCUT2D eigenvalue weighted by Crippen LogP contribution is 2.07. The van der Waals surface area contributed by atoms with Gasteiger partial charge in [-0.1, -0.05) is 0 Å². The minimum atomic E-state index is -0.308. The summed E-state index contributed by atoms with van der Waals surface area (Å²) in [5.41, 5.74) is -0.0684. The maximum Gasteiger partial charge on any atom is 0.271 e. The molecule has 0 aliphatic carbocycles. The summed E-state index contributed by atoms with van der Waals surface area (Å²) in [6.07, 6.45) is 0. The summed E-state index contributed by atoms with van der Waals surface area (Å²) < 4.78 is 0. The molecule has 98 valence electrons. The van der Waals surface area contributed by atoms with E-state index in [0.717, 1.165) is 31.1 Å². The summed E-state index contributed by atoms with van der Waals surface area (Å²) >= 11 is 1.96. The smallest absolute Gasteiger partial charge is 0.271 e. The molecule has 0 bridgehead atoms. The van der Waals surface area contributed by atoms with Crippen LogP contribution in [0.25, 0.3) is 0 Å². The first kappa shape index (κ1) is 13.1. The van der Waals surface area contributed by atoms with Gasteiger partial charge in [0.15, 0.2) is 0 Å². The lowest BCUT2D eigenvalue weighted by molar-refractivity contribution is 0.0943. The molecule has 2 heterocycles. The maximum atomic E-state index is 11.7. The first-order chi connectivity index (χ1) is 8.75. The Balaban J connectivity index is 1.74. The van der Waals surface area contributed by atoms with E-state index in [-0.39, 0.29) is 17.2 Å². The van der Waals surface area contributed by atoms with Gasteiger partial charge in [-0.05, 0) is 6.07 Å². The molecule has 0 unspecified atom stereocenters. The van der Waals surface area contributed by atoms with Crippen molar-refractivity contribution in [2.45, 2.75) is 0 Å². The third-order valence-electron chi connectivity index (χ3n) is 2.73. The lowest BCUT2D eigenvalue weighted by Crippen LogP contribution is -2.39. The number of aromatic amines is 1. The zero-order valence-corrected chi connectivity index (χ0v) is 10.8. The van der Waals surface area contributed by atoms with Crippen molar-refractivity contribution in [1.82, 2.24) is 20.4 Å². The van der Waals surface area contributed by atoms with E-state index in [1.54, 1.807) is 0 Å². The van der Waals surface area contributed by atoms with Gasteiger partial charge in [-0.25, -0.2) is 5.10 Å². The van der Waals surface area contributed by atoms with Gasteiger partial charge in [0.05, 0.1) is 0 Å². The van der Waals surface area contributed by atoms with Gasteiger partial charge in [-0.15, -0.1) is 0 Å². The number of carbonyl (C=O) groups is 1. The molecular formula is C11H16N4O2S. The van der Waals surface area contributed by atoms with Crippen LogP contribution in [-0.2, 0) is 0 Å². The van der Waals surface area contributed by atoms with Crippen LogP contribution in [0.15, 0.2) is 16.9 Å². The Morgan fingerprint density at radius 1 is 1.44 bits per heavy atom. The molecule has 1 aliphatic heterocycles. The second kappa shape index (κ2) is 6.55. The molecule has 1 fully saturated rings. The average Bonchev–Trinajstić information content (AvgIpc) is 2.40. The zero-order valence-electron chi connectivity index (χ0n) is 10.0. The zero-order chi connectivity index (χ0) is 12.8. The maximum absolute atomic E-state index is 11.7. The third-order valence-corrected chi connectivity index (χ3v) is 3.67. The molecule has 1 aromatic rings. The van der Waals surface area contributed by atoms with Crippen molar-refractivity contribution in [3.05, 3.63) is 28.2 Å². The van der Waals surface area contributed by atoms with Gasteiger partial charge >= 0.3 is 0 Å². The summed E-state index contributed by atoms with van der Waals surface area (Å²) in [6, 6.07) is 2.72. The molecule has 7 heteroatoms. The summed E-state index contributed by atoms with van der Waals surface area (Å²) in [7, 11) is 0. The Kier molecular flexibility index (Phi) is 4.77. The topological polar surface area (TPSA) is 78.1 Å². The summed E-state index contributed by atoms with van der Waals surface area (Å²) in [4.78, 5) is 24.8. The van der Waals surface area contributed by atoms with Gasteiger partial charge < -0.3 is 5.32 Å². The molecule has 0 aromatic carbocycles. The van der Waals surface area contributed by atoms with E-state index >= 15 is 0 Å². The number of aromatic nitrogens is 2. The quantitative estimate of drug-likeness (QED) is 0.773. The highest BCUT2D eigenvalue weighted by atomic mass is 32.2. The van der Waals surface area contributed by atoms with E-state index in [9.17, 15) is 9.59 Å². The molecule has 1 aliphatic rings. The number of amides is 1. The minimum Gasteiger partial charge on any atom is -0.349 e. The Hall–Kier alpha value is -1.34. The molecule has 1 saturated heterocycles. The number of nitrogens with zero attached hydrogens (tertiary/aromatic N) is 2. The summed E-state index contributed by atoms with van der Waals surface area (Å²) in [5, 5.41) is 8.71. The SMILES string of the molecule is O=C(NCCN1CCSCC1)c1ccc(=O)[nH]n1. The molecule has 2 N–H and O–H groups in total. The number of hydrogen-bond donors (Lipinski definition) is 2. The highest BCUT2D eigenvalue weighted by Gasteiger charge is 2.11. The lowest BCUT2D eigenvalue weighted by atomic mass is 10.3. The molecule has 1 amide bonds. The Morgan fingerprint density at radius 2 is 2.22 bits per heavy atom. The fourth-order valence-corrected chi connectivity index (χ4v) is 2.69. The van der Waals surface area contributed by atoms with E-state index in [2.05, 4.69) is 20.4 Å². The standard InChI is InChI=1S/C11H16N4O2S/c16-10-2-1-9(13-14-10)11(17)12-3-4-15-5-7-18-8-6-15/h1-2H,3-8H2,(H,12,17)(H,14,16). The van der Waals surface area contributed by atoms with Crippen LogP contribution >= 0.6 is 11.8 Å². The number of nitrogens with one attached hydrogen (secondary N) is 2. The van der Waals surface area contributed by atoms with Crippen LogP contribution in [0.5, 0.6) is 0 Å². The van der Waals surface area contributed by atoms with Crippen molar-refractivity contribution < 1.29 is 4.79 Å². The van der Waals surface area contributed by atoms with Gasteiger partial charge in [0.2, 0.25) is 0 Å². The number of hydrogen-bond acceptors (Lipinski definition) is 5. The number of H-pyrrole nitrogens is 1. The first-order valence-corrected chi connectivity index (χ1v) is 7.05. The monoisotopic (exact) mass is 268 g/mol. The molecule has 0 radical (unpaired) electrons. The number of thioether (sulfide) groups is 1. The van der Waals surface area contributed by atoms with Crippen LogP contribution in [-0.4, -0.2) is 58.7 Å². The van der Waals surface area contributed by atoms with Crippen molar-refractivity contribution in [2.24, 2.45) is 0 Å². The summed E-state index contributed by atoms with van der Waals surface area (Å²) in [5.74, 6) is 2.07. The van der Waals surface area contributed by atoms with Crippen LogP contribution in [0.4, 0.5) is 0 Å². The van der Waals surface area contributed by atoms with Crippen LogP contribution in [0, 0.1) is 0 Å². The van der Waals surface area contributed by atoms with E-state index in [1.807, 2.05) is 11.8 Å². The largest absolute Gasteiger partial charge is 0.349 e. The first-order valence-electron chi connectivity index (χ1n) is 5.90. The van der Waals surface area contributed by atoms with E-state index in [0.29, 0.717) is 6.54 Å². The highest BCUT2D eigenvalue weighted by molar-refractivity contribution is 7.99. The molecule has 0 atom stereocenters. The van der Waals surface area contributed by atoms with E-state index < -0.39 is 0 Å². The minimum absolute atomic E-state index is 0.240. The Labute approximate surface area is 109 Å². The molecule has 6 nitrogen and oxygen atoms in total. The fourth-order valence-electron chi connectivity index (χ4n) is 1.71. The fraction of sp³-hybridized carbons (Fsp3) is 0.545. The van der Waals surface area contributed by atoms with Crippen molar-refractivity contribution in [2.75, 3.05) is 37.7 Å². The van der Waals surface area contributed by atoms with Crippen molar-refractivity contribution >= 4 is 17.7 Å². The van der Waals surface area contributed by atoms with Crippen LogP contribution in [0.3, 0.4) is 0 Å². The Bertz CT molecular complexity index is 436. The van der Waals surface area contributed by atoms with Crippen LogP contribution < -0.4 is 10.9 Å². The van der Waals surface area contributed by atoms with Gasteiger partial charge in [0, 0.05) is 43.8 Å². The molecular weight excluding hydrogens is 252 g/mol. The average molecular weight is 268 g/mol. The molecule has 0 spiro atoms. The van der Waals surface area contributed by atoms with Crippen molar-refractivity contribution in [1.29, 1.82) is 0 Å². The van der Waals surface area contributed by atoms with E-state index in [4.69, 9.17) is 0 Å². The van der Waals surface area contributed by atoms with Crippen molar-refractivity contribution in [3.8, 4) is 0 Å². The second-order valence-corrected chi connectivity index (χ2v) is 5.24. The van der Waals surface area contributed by atoms with Gasteiger partial charge in [0.25, 0.3) is 11.5 Å². The van der Waals surface area contributed by atoms with E-state index in [1.165, 1.54) is 12.1 Å². The molecule has 0 saturated carbocycles. The van der Waals surface area contributed by atoms with Crippen molar-refractivity contribution in [3.63, 3.8) is 0 Å². The van der Waals surface area contributed by atoms with Gasteiger partial charge in [-0.2, -0.15) is 16.9 Å². The number of carbonyl (C=O) groups excluding carboxylic acids is 1. The van der Waals surface area contributed by atoms with Gasteiger partial charge in [-0.3, -0.25) is 14.5 Å². The normalized spacial score (nSPS) is 16.4.